The fraction of sp³-hybridized carbons (Fsp3) is 0.867. The number of amides is 1. The molecule has 1 spiro atoms. The van der Waals surface area contributed by atoms with Gasteiger partial charge in [0.2, 0.25) is 5.91 Å². The van der Waals surface area contributed by atoms with Gasteiger partial charge >= 0.3 is 5.97 Å². The zero-order valence-corrected chi connectivity index (χ0v) is 12.0. The Hall–Kier alpha value is -1.10. The molecule has 1 aliphatic heterocycles. The second kappa shape index (κ2) is 5.35. The Kier molecular flexibility index (Phi) is 3.71. The third-order valence-electron chi connectivity index (χ3n) is 5.20. The lowest BCUT2D eigenvalue weighted by Crippen LogP contribution is -2.63. The van der Waals surface area contributed by atoms with Crippen LogP contribution in [0.3, 0.4) is 0 Å². The van der Waals surface area contributed by atoms with Gasteiger partial charge in [0.25, 0.3) is 0 Å². The Morgan fingerprint density at radius 3 is 2.80 bits per heavy atom. The molecule has 2 saturated carbocycles. The zero-order chi connectivity index (χ0) is 14.2. The lowest BCUT2D eigenvalue weighted by Gasteiger charge is -2.59. The molecule has 1 amide bonds. The molecule has 1 N–H and O–H groups in total. The molecular weight excluding hydrogens is 258 g/mol. The standard InChI is InChI=1S/C15H23NO4/c1-2-19-11-9-12(15(11)5-3-6-15)20-14(18)10-4-7-16-13(17)8-10/h10-12H,2-9H2,1H3,(H,16,17)/t10-,11-,12+/m1/s1. The van der Waals surface area contributed by atoms with E-state index in [2.05, 4.69) is 5.32 Å². The first kappa shape index (κ1) is 13.9. The van der Waals surface area contributed by atoms with Gasteiger partial charge in [0.05, 0.1) is 12.0 Å². The lowest BCUT2D eigenvalue weighted by molar-refractivity contribution is -0.241. The van der Waals surface area contributed by atoms with Gasteiger partial charge in [-0.15, -0.1) is 0 Å². The van der Waals surface area contributed by atoms with E-state index in [0.717, 1.165) is 25.9 Å². The van der Waals surface area contributed by atoms with Crippen LogP contribution in [0.5, 0.6) is 0 Å². The summed E-state index contributed by atoms with van der Waals surface area (Å²) in [5, 5.41) is 2.74. The lowest BCUT2D eigenvalue weighted by atomic mass is 9.52. The highest BCUT2D eigenvalue weighted by atomic mass is 16.6. The van der Waals surface area contributed by atoms with Crippen molar-refractivity contribution in [3.63, 3.8) is 0 Å². The first-order valence-corrected chi connectivity index (χ1v) is 7.74. The van der Waals surface area contributed by atoms with Gasteiger partial charge in [0.15, 0.2) is 0 Å². The molecule has 0 aromatic rings. The molecule has 0 aromatic carbocycles. The van der Waals surface area contributed by atoms with Gasteiger partial charge in [-0.3, -0.25) is 9.59 Å². The van der Waals surface area contributed by atoms with Crippen LogP contribution in [0.1, 0.15) is 45.4 Å². The van der Waals surface area contributed by atoms with E-state index >= 15 is 0 Å². The minimum atomic E-state index is -0.257. The van der Waals surface area contributed by atoms with E-state index in [-0.39, 0.29) is 41.8 Å². The number of rotatable bonds is 4. The van der Waals surface area contributed by atoms with Crippen molar-refractivity contribution in [3.05, 3.63) is 0 Å². The molecule has 3 atom stereocenters. The van der Waals surface area contributed by atoms with Crippen molar-refractivity contribution in [1.29, 1.82) is 0 Å². The summed E-state index contributed by atoms with van der Waals surface area (Å²) in [5.74, 6) is -0.490. The fourth-order valence-electron chi connectivity index (χ4n) is 3.76. The molecule has 2 aliphatic carbocycles. The van der Waals surface area contributed by atoms with Crippen LogP contribution in [0, 0.1) is 11.3 Å². The van der Waals surface area contributed by atoms with Crippen molar-refractivity contribution >= 4 is 11.9 Å². The molecule has 3 rings (SSSR count). The van der Waals surface area contributed by atoms with Crippen LogP contribution in [0.4, 0.5) is 0 Å². The number of carbonyl (C=O) groups excluding carboxylic acids is 2. The van der Waals surface area contributed by atoms with E-state index in [1.165, 1.54) is 6.42 Å². The maximum Gasteiger partial charge on any atom is 0.309 e. The second-order valence-electron chi connectivity index (χ2n) is 6.23. The second-order valence-corrected chi connectivity index (χ2v) is 6.23. The van der Waals surface area contributed by atoms with Crippen LogP contribution in [0.25, 0.3) is 0 Å². The number of piperidine rings is 1. The molecule has 0 radical (unpaired) electrons. The molecule has 5 nitrogen and oxygen atoms in total. The minimum Gasteiger partial charge on any atom is -0.461 e. The van der Waals surface area contributed by atoms with Crippen molar-refractivity contribution in [2.45, 2.75) is 57.7 Å². The quantitative estimate of drug-likeness (QED) is 0.791. The third-order valence-corrected chi connectivity index (χ3v) is 5.20. The number of nitrogens with one attached hydrogen (secondary N) is 1. The normalized spacial score (nSPS) is 34.9. The summed E-state index contributed by atoms with van der Waals surface area (Å²) in [7, 11) is 0. The highest BCUT2D eigenvalue weighted by molar-refractivity contribution is 5.84. The van der Waals surface area contributed by atoms with Crippen LogP contribution < -0.4 is 5.32 Å². The summed E-state index contributed by atoms with van der Waals surface area (Å²) in [4.78, 5) is 23.5. The van der Waals surface area contributed by atoms with Gasteiger partial charge in [-0.05, 0) is 26.2 Å². The van der Waals surface area contributed by atoms with Crippen LogP contribution in [-0.4, -0.2) is 37.2 Å². The first-order chi connectivity index (χ1) is 9.65. The smallest absolute Gasteiger partial charge is 0.309 e. The van der Waals surface area contributed by atoms with Crippen molar-refractivity contribution in [3.8, 4) is 0 Å². The van der Waals surface area contributed by atoms with Gasteiger partial charge < -0.3 is 14.8 Å². The van der Waals surface area contributed by atoms with Gasteiger partial charge in [-0.25, -0.2) is 0 Å². The van der Waals surface area contributed by atoms with E-state index in [9.17, 15) is 9.59 Å². The largest absolute Gasteiger partial charge is 0.461 e. The summed E-state index contributed by atoms with van der Waals surface area (Å²) in [6.45, 7) is 3.30. The molecule has 1 saturated heterocycles. The van der Waals surface area contributed by atoms with Crippen molar-refractivity contribution in [2.24, 2.45) is 11.3 Å². The molecule has 0 bridgehead atoms. The number of hydrogen-bond donors (Lipinski definition) is 1. The van der Waals surface area contributed by atoms with E-state index in [1.54, 1.807) is 0 Å². The predicted octanol–water partition coefficient (Wildman–Crippen LogP) is 1.40. The zero-order valence-electron chi connectivity index (χ0n) is 12.0. The molecule has 5 heteroatoms. The highest BCUT2D eigenvalue weighted by Gasteiger charge is 2.61. The predicted molar refractivity (Wildman–Crippen MR) is 71.9 cm³/mol. The van der Waals surface area contributed by atoms with E-state index in [1.807, 2.05) is 6.92 Å². The van der Waals surface area contributed by atoms with E-state index in [4.69, 9.17) is 9.47 Å². The number of carbonyl (C=O) groups is 2. The molecule has 3 aliphatic rings. The van der Waals surface area contributed by atoms with Gasteiger partial charge in [0.1, 0.15) is 6.10 Å². The highest BCUT2D eigenvalue weighted by Crippen LogP contribution is 2.58. The summed E-state index contributed by atoms with van der Waals surface area (Å²) in [6.07, 6.45) is 5.44. The Balaban J connectivity index is 1.56. The average Bonchev–Trinajstić information content (AvgIpc) is 2.35. The van der Waals surface area contributed by atoms with Crippen molar-refractivity contribution in [1.82, 2.24) is 5.32 Å². The average molecular weight is 281 g/mol. The maximum absolute atomic E-state index is 12.2. The number of ether oxygens (including phenoxy) is 2. The Labute approximate surface area is 119 Å². The monoisotopic (exact) mass is 281 g/mol. The fourth-order valence-corrected chi connectivity index (χ4v) is 3.76. The molecular formula is C15H23NO4. The topological polar surface area (TPSA) is 64.6 Å². The van der Waals surface area contributed by atoms with Crippen LogP contribution >= 0.6 is 0 Å². The van der Waals surface area contributed by atoms with Gasteiger partial charge in [-0.1, -0.05) is 6.42 Å². The van der Waals surface area contributed by atoms with Crippen LogP contribution in [0.15, 0.2) is 0 Å². The molecule has 20 heavy (non-hydrogen) atoms. The van der Waals surface area contributed by atoms with Gasteiger partial charge in [0, 0.05) is 31.4 Å². The number of esters is 1. The summed E-state index contributed by atoms with van der Waals surface area (Å²) in [5.41, 5.74) is 0.0859. The molecule has 3 fully saturated rings. The Morgan fingerprint density at radius 1 is 1.40 bits per heavy atom. The Bertz CT molecular complexity index is 405. The molecule has 0 aromatic heterocycles. The molecule has 1 heterocycles. The van der Waals surface area contributed by atoms with Gasteiger partial charge in [-0.2, -0.15) is 0 Å². The minimum absolute atomic E-state index is 0.00490. The van der Waals surface area contributed by atoms with Crippen LogP contribution in [0.2, 0.25) is 0 Å². The third kappa shape index (κ3) is 2.22. The number of hydrogen-bond acceptors (Lipinski definition) is 4. The van der Waals surface area contributed by atoms with Crippen molar-refractivity contribution < 1.29 is 19.1 Å². The van der Waals surface area contributed by atoms with E-state index in [0.29, 0.717) is 13.0 Å². The summed E-state index contributed by atoms with van der Waals surface area (Å²) < 4.78 is 11.5. The molecule has 0 unspecified atom stereocenters. The molecule has 112 valence electrons. The SMILES string of the molecule is CCO[C@@H]1C[C@H](OC(=O)[C@@H]2CCNC(=O)C2)C12CCC2. The summed E-state index contributed by atoms with van der Waals surface area (Å²) >= 11 is 0. The maximum atomic E-state index is 12.2. The first-order valence-electron chi connectivity index (χ1n) is 7.74. The van der Waals surface area contributed by atoms with Crippen molar-refractivity contribution in [2.75, 3.05) is 13.2 Å². The van der Waals surface area contributed by atoms with Crippen LogP contribution in [-0.2, 0) is 19.1 Å². The summed E-state index contributed by atoms with van der Waals surface area (Å²) in [6, 6.07) is 0. The van der Waals surface area contributed by atoms with E-state index < -0.39 is 0 Å². The Morgan fingerprint density at radius 2 is 2.20 bits per heavy atom.